The normalized spacial score (nSPS) is 10.3. The third-order valence-electron chi connectivity index (χ3n) is 3.40. The lowest BCUT2D eigenvalue weighted by molar-refractivity contribution is 0.111. The number of hydrogen-bond donors (Lipinski definition) is 0. The Morgan fingerprint density at radius 2 is 2.00 bits per heavy atom. The van der Waals surface area contributed by atoms with Gasteiger partial charge in [0.2, 0.25) is 0 Å². The Kier molecular flexibility index (Phi) is 7.71. The zero-order chi connectivity index (χ0) is 14.8. The van der Waals surface area contributed by atoms with Gasteiger partial charge in [-0.25, -0.2) is 0 Å². The summed E-state index contributed by atoms with van der Waals surface area (Å²) in [7, 11) is 0. The van der Waals surface area contributed by atoms with Crippen LogP contribution < -0.4 is 4.74 Å². The summed E-state index contributed by atoms with van der Waals surface area (Å²) >= 11 is 0. The highest BCUT2D eigenvalue weighted by Gasteiger charge is 2.11. The van der Waals surface area contributed by atoms with E-state index < -0.39 is 0 Å². The molecule has 0 saturated heterocycles. The first kappa shape index (κ1) is 16.5. The smallest absolute Gasteiger partial charge is 0.153 e. The van der Waals surface area contributed by atoms with E-state index >= 15 is 0 Å². The second-order valence-corrected chi connectivity index (χ2v) is 5.05. The number of benzene rings is 1. The lowest BCUT2D eigenvalue weighted by Crippen LogP contribution is -2.04. The number of aldehydes is 1. The van der Waals surface area contributed by atoms with Crippen molar-refractivity contribution >= 4 is 6.29 Å². The zero-order valence-corrected chi connectivity index (χ0v) is 12.8. The molecule has 1 rings (SSSR count). The number of hydrogen-bond acceptors (Lipinski definition) is 2. The van der Waals surface area contributed by atoms with Gasteiger partial charge in [0, 0.05) is 0 Å². The van der Waals surface area contributed by atoms with E-state index in [2.05, 4.69) is 26.5 Å². The molecule has 0 heterocycles. The molecule has 2 nitrogen and oxygen atoms in total. The van der Waals surface area contributed by atoms with Gasteiger partial charge in [0.15, 0.2) is 6.29 Å². The Bertz CT molecular complexity index is 435. The van der Waals surface area contributed by atoms with Crippen LogP contribution in [-0.4, -0.2) is 12.9 Å². The SMILES string of the molecule is C=CCc1cc(CC)cc(C=O)c1OCCCCCC. The molecule has 0 fully saturated rings. The van der Waals surface area contributed by atoms with Crippen LogP contribution >= 0.6 is 0 Å². The largest absolute Gasteiger partial charge is 0.493 e. The minimum Gasteiger partial charge on any atom is -0.493 e. The highest BCUT2D eigenvalue weighted by Crippen LogP contribution is 2.26. The molecule has 110 valence electrons. The molecular weight excluding hydrogens is 248 g/mol. The minimum atomic E-state index is 0.664. The molecule has 0 aliphatic rings. The summed E-state index contributed by atoms with van der Waals surface area (Å²) in [5.74, 6) is 0.744. The molecule has 0 spiro atoms. The molecule has 0 aliphatic heterocycles. The fourth-order valence-electron chi connectivity index (χ4n) is 2.26. The monoisotopic (exact) mass is 274 g/mol. The van der Waals surface area contributed by atoms with Crippen LogP contribution in [0.3, 0.4) is 0 Å². The highest BCUT2D eigenvalue weighted by molar-refractivity contribution is 5.80. The van der Waals surface area contributed by atoms with Gasteiger partial charge in [-0.2, -0.15) is 0 Å². The summed E-state index contributed by atoms with van der Waals surface area (Å²) in [6.45, 7) is 8.74. The average Bonchev–Trinajstić information content (AvgIpc) is 2.48. The molecule has 20 heavy (non-hydrogen) atoms. The number of unbranched alkanes of at least 4 members (excludes halogenated alkanes) is 3. The summed E-state index contributed by atoms with van der Waals surface area (Å²) in [6.07, 6.45) is 9.07. The van der Waals surface area contributed by atoms with Crippen molar-refractivity contribution in [2.75, 3.05) is 6.61 Å². The molecule has 0 bridgehead atoms. The van der Waals surface area contributed by atoms with Crippen molar-refractivity contribution in [3.63, 3.8) is 0 Å². The van der Waals surface area contributed by atoms with Crippen LogP contribution in [0.5, 0.6) is 5.75 Å². The number of aryl methyl sites for hydroxylation is 1. The number of ether oxygens (including phenoxy) is 1. The second-order valence-electron chi connectivity index (χ2n) is 5.05. The zero-order valence-electron chi connectivity index (χ0n) is 12.8. The lowest BCUT2D eigenvalue weighted by atomic mass is 10.0. The van der Waals surface area contributed by atoms with E-state index in [9.17, 15) is 4.79 Å². The van der Waals surface area contributed by atoms with E-state index in [4.69, 9.17) is 4.74 Å². The predicted octanol–water partition coefficient (Wildman–Crippen LogP) is 4.75. The summed E-state index contributed by atoms with van der Waals surface area (Å²) in [4.78, 5) is 11.3. The maximum atomic E-state index is 11.3. The van der Waals surface area contributed by atoms with Gasteiger partial charge in [0.05, 0.1) is 12.2 Å². The van der Waals surface area contributed by atoms with E-state index in [1.807, 2.05) is 12.1 Å². The Labute approximate surface area is 122 Å². The Morgan fingerprint density at radius 3 is 2.60 bits per heavy atom. The lowest BCUT2D eigenvalue weighted by Gasteiger charge is -2.14. The Morgan fingerprint density at radius 1 is 1.20 bits per heavy atom. The van der Waals surface area contributed by atoms with Crippen molar-refractivity contribution < 1.29 is 9.53 Å². The summed E-state index contributed by atoms with van der Waals surface area (Å²) in [5.41, 5.74) is 2.90. The molecule has 0 amide bonds. The standard InChI is InChI=1S/C18H26O2/c1-4-7-8-9-11-20-18-16(10-5-2)12-15(6-3)13-17(18)14-19/h5,12-14H,2,4,6-11H2,1,3H3. The van der Waals surface area contributed by atoms with Gasteiger partial charge in [-0.1, -0.05) is 45.3 Å². The Balaban J connectivity index is 2.84. The third kappa shape index (κ3) is 4.84. The van der Waals surface area contributed by atoms with Crippen molar-refractivity contribution in [1.29, 1.82) is 0 Å². The van der Waals surface area contributed by atoms with Crippen LogP contribution in [-0.2, 0) is 12.8 Å². The molecular formula is C18H26O2. The average molecular weight is 274 g/mol. The first-order valence-electron chi connectivity index (χ1n) is 7.61. The summed E-state index contributed by atoms with van der Waals surface area (Å²) in [6, 6.07) is 4.05. The number of rotatable bonds is 10. The van der Waals surface area contributed by atoms with Crippen LogP contribution in [0.1, 0.15) is 61.0 Å². The van der Waals surface area contributed by atoms with E-state index in [-0.39, 0.29) is 0 Å². The Hall–Kier alpha value is -1.57. The molecule has 0 unspecified atom stereocenters. The second kappa shape index (κ2) is 9.35. The van der Waals surface area contributed by atoms with Crippen LogP contribution in [0.15, 0.2) is 24.8 Å². The van der Waals surface area contributed by atoms with Gasteiger partial charge < -0.3 is 4.74 Å². The molecule has 0 saturated carbocycles. The van der Waals surface area contributed by atoms with Gasteiger partial charge in [-0.05, 0) is 36.5 Å². The van der Waals surface area contributed by atoms with E-state index in [1.165, 1.54) is 24.8 Å². The minimum absolute atomic E-state index is 0.664. The molecule has 0 N–H and O–H groups in total. The summed E-state index contributed by atoms with van der Waals surface area (Å²) < 4.78 is 5.88. The first-order chi connectivity index (χ1) is 9.76. The van der Waals surface area contributed by atoms with Crippen molar-refractivity contribution in [1.82, 2.24) is 0 Å². The third-order valence-corrected chi connectivity index (χ3v) is 3.40. The fraction of sp³-hybridized carbons (Fsp3) is 0.500. The number of allylic oxidation sites excluding steroid dienone is 1. The predicted molar refractivity (Wildman–Crippen MR) is 84.7 cm³/mol. The van der Waals surface area contributed by atoms with Gasteiger partial charge in [0.25, 0.3) is 0 Å². The topological polar surface area (TPSA) is 26.3 Å². The van der Waals surface area contributed by atoms with E-state index in [0.29, 0.717) is 12.2 Å². The van der Waals surface area contributed by atoms with E-state index in [0.717, 1.165) is 36.9 Å². The van der Waals surface area contributed by atoms with Gasteiger partial charge in [-0.15, -0.1) is 6.58 Å². The number of carbonyl (C=O) groups is 1. The van der Waals surface area contributed by atoms with Crippen LogP contribution in [0.25, 0.3) is 0 Å². The van der Waals surface area contributed by atoms with Crippen molar-refractivity contribution in [2.45, 2.75) is 52.4 Å². The van der Waals surface area contributed by atoms with Crippen molar-refractivity contribution in [2.24, 2.45) is 0 Å². The number of carbonyl (C=O) groups excluding carboxylic acids is 1. The molecule has 2 heteroatoms. The highest BCUT2D eigenvalue weighted by atomic mass is 16.5. The molecule has 1 aromatic rings. The first-order valence-corrected chi connectivity index (χ1v) is 7.61. The molecule has 0 aliphatic carbocycles. The van der Waals surface area contributed by atoms with Crippen LogP contribution in [0, 0.1) is 0 Å². The van der Waals surface area contributed by atoms with Crippen molar-refractivity contribution in [3.8, 4) is 5.75 Å². The van der Waals surface area contributed by atoms with Crippen LogP contribution in [0.2, 0.25) is 0 Å². The molecule has 0 radical (unpaired) electrons. The molecule has 0 atom stereocenters. The van der Waals surface area contributed by atoms with Crippen LogP contribution in [0.4, 0.5) is 0 Å². The maximum absolute atomic E-state index is 11.3. The van der Waals surface area contributed by atoms with Gasteiger partial charge in [0.1, 0.15) is 5.75 Å². The molecule has 1 aromatic carbocycles. The molecule has 0 aromatic heterocycles. The van der Waals surface area contributed by atoms with E-state index in [1.54, 1.807) is 0 Å². The fourth-order valence-corrected chi connectivity index (χ4v) is 2.26. The van der Waals surface area contributed by atoms with Gasteiger partial charge in [-0.3, -0.25) is 4.79 Å². The van der Waals surface area contributed by atoms with Crippen molar-refractivity contribution in [3.05, 3.63) is 41.5 Å². The summed E-state index contributed by atoms with van der Waals surface area (Å²) in [5, 5.41) is 0. The maximum Gasteiger partial charge on any atom is 0.153 e. The van der Waals surface area contributed by atoms with Gasteiger partial charge >= 0.3 is 0 Å². The quantitative estimate of drug-likeness (QED) is 0.349.